The van der Waals surface area contributed by atoms with E-state index in [0.717, 1.165) is 65.5 Å². The average Bonchev–Trinajstić information content (AvgIpc) is 3.84. The van der Waals surface area contributed by atoms with Crippen LogP contribution in [0.25, 0.3) is 10.8 Å². The number of hydrogen-bond acceptors (Lipinski definition) is 14. The number of ether oxygens (including phenoxy) is 3. The van der Waals surface area contributed by atoms with Crippen LogP contribution in [0.1, 0.15) is 123 Å². The van der Waals surface area contributed by atoms with Crippen molar-refractivity contribution < 1.29 is 49.0 Å². The predicted octanol–water partition coefficient (Wildman–Crippen LogP) is 7.14. The minimum Gasteiger partial charge on any atom is -0.507 e. The number of anilines is 1. The van der Waals surface area contributed by atoms with E-state index in [1.807, 2.05) is 37.8 Å². The first-order valence-electron chi connectivity index (χ1n) is 25.9. The van der Waals surface area contributed by atoms with Crippen LogP contribution in [-0.2, 0) is 14.3 Å². The summed E-state index contributed by atoms with van der Waals surface area (Å²) in [6.45, 7) is 23.0. The lowest BCUT2D eigenvalue weighted by atomic mass is 9.71. The summed E-state index contributed by atoms with van der Waals surface area (Å²) < 4.78 is 19.0. The molecule has 3 fully saturated rings. The van der Waals surface area contributed by atoms with Crippen LogP contribution in [0.5, 0.6) is 17.2 Å². The topological polar surface area (TPSA) is 206 Å². The minimum absolute atomic E-state index is 0.00209. The number of allylic oxidation sites excluding steroid dienone is 4. The number of phenols is 2. The molecule has 9 rings (SSSR count). The molecule has 3 unspecified atom stereocenters. The monoisotopic (exact) mass is 985 g/mol. The van der Waals surface area contributed by atoms with Crippen LogP contribution < -0.4 is 20.8 Å². The average molecular weight is 985 g/mol. The standard InChI is InChI=1S/C54H76N6O9.CH4O/c1-31(2)30-59-24-20-54(21-25-59)56-41-38-39-45(62)37(8)48-40(38)49(64)52(9,69-48)67-28-12-15-33(4)47(68-51(66)60-26-18-53(19-27-60)16-22-58(10)23-17-53)36(7)44(61)35(6)29-32(3)13-11-14-34(5)50(65)55-43(46(39)63)42(41)57-54;1-2/h11-14,28,31-33,35-36,44,47,61-63H,15-27,29-30H2,1-10H3,(H,55,65);2H,1H3/b13-11+,28-12+,34-14-;/t32?,33-,35-,36-,44?,47-,52?;/m1./s1. The molecule has 2 aromatic carbocycles. The number of amides is 2. The Kier molecular flexibility index (Phi) is 16.3. The van der Waals surface area contributed by atoms with Gasteiger partial charge >= 0.3 is 11.9 Å². The summed E-state index contributed by atoms with van der Waals surface area (Å²) in [5.41, 5.74) is -0.00631. The molecule has 16 heteroatoms. The highest BCUT2D eigenvalue weighted by molar-refractivity contribution is 6.19. The van der Waals surface area contributed by atoms with Crippen molar-refractivity contribution in [2.45, 2.75) is 137 Å². The van der Waals surface area contributed by atoms with Crippen molar-refractivity contribution >= 4 is 34.2 Å². The fourth-order valence-electron chi connectivity index (χ4n) is 11.7. The summed E-state index contributed by atoms with van der Waals surface area (Å²) in [4.78, 5) is 59.9. The van der Waals surface area contributed by atoms with Gasteiger partial charge in [0, 0.05) is 82.0 Å². The first kappa shape index (κ1) is 53.8. The van der Waals surface area contributed by atoms with E-state index in [2.05, 4.69) is 42.9 Å². The molecule has 390 valence electrons. The van der Waals surface area contributed by atoms with Crippen LogP contribution in [0.4, 0.5) is 10.5 Å². The fraction of sp³-hybridized carbons (Fsp3) is 0.655. The zero-order chi connectivity index (χ0) is 51.7. The molecule has 5 N–H and O–H groups in total. The van der Waals surface area contributed by atoms with Crippen LogP contribution >= 0.6 is 0 Å². The molecule has 7 heterocycles. The zero-order valence-corrected chi connectivity index (χ0v) is 44.0. The molecule has 7 aliphatic rings. The van der Waals surface area contributed by atoms with Crippen molar-refractivity contribution in [3.8, 4) is 17.2 Å². The van der Waals surface area contributed by atoms with Crippen molar-refractivity contribution in [3.05, 3.63) is 58.0 Å². The molecule has 16 nitrogen and oxygen atoms in total. The van der Waals surface area contributed by atoms with E-state index >= 15 is 0 Å². The quantitative estimate of drug-likeness (QED) is 0.195. The fourth-order valence-corrected chi connectivity index (χ4v) is 11.7. The van der Waals surface area contributed by atoms with Gasteiger partial charge in [0.1, 0.15) is 28.6 Å². The Morgan fingerprint density at radius 2 is 1.54 bits per heavy atom. The number of piperidine rings is 3. The number of benzene rings is 2. The van der Waals surface area contributed by atoms with Crippen LogP contribution in [-0.4, -0.2) is 137 Å². The highest BCUT2D eigenvalue weighted by Gasteiger charge is 2.50. The van der Waals surface area contributed by atoms with Gasteiger partial charge in [-0.2, -0.15) is 0 Å². The number of aromatic hydroxyl groups is 2. The van der Waals surface area contributed by atoms with Gasteiger partial charge in [0.15, 0.2) is 11.4 Å². The first-order chi connectivity index (χ1) is 33.6. The van der Waals surface area contributed by atoms with E-state index < -0.39 is 47.0 Å². The van der Waals surface area contributed by atoms with Crippen molar-refractivity contribution in [2.24, 2.45) is 45.0 Å². The van der Waals surface area contributed by atoms with E-state index in [1.165, 1.54) is 13.2 Å². The number of carbonyl (C=O) groups excluding carboxylic acids is 3. The number of nitrogens with one attached hydrogen (secondary N) is 1. The molecule has 0 aliphatic carbocycles. The molecule has 0 saturated carbocycles. The predicted molar refractivity (Wildman–Crippen MR) is 273 cm³/mol. The Morgan fingerprint density at radius 3 is 2.18 bits per heavy atom. The van der Waals surface area contributed by atoms with Crippen LogP contribution in [0.3, 0.4) is 0 Å². The lowest BCUT2D eigenvalue weighted by Gasteiger charge is -2.46. The number of nitrogens with zero attached hydrogens (tertiary/aromatic N) is 5. The summed E-state index contributed by atoms with van der Waals surface area (Å²) in [5, 5.41) is 46.6. The molecule has 2 amide bonds. The number of Topliss-reactive ketones (excluding diaryl/α,β-unsaturated/α-hetero) is 1. The second kappa shape index (κ2) is 21.6. The normalized spacial score (nSPS) is 30.8. The van der Waals surface area contributed by atoms with Gasteiger partial charge in [0.2, 0.25) is 0 Å². The lowest BCUT2D eigenvalue weighted by molar-refractivity contribution is -0.112. The molecule has 71 heavy (non-hydrogen) atoms. The zero-order valence-electron chi connectivity index (χ0n) is 44.0. The third kappa shape index (κ3) is 10.9. The Morgan fingerprint density at radius 1 is 0.901 bits per heavy atom. The molecule has 2 aromatic rings. The summed E-state index contributed by atoms with van der Waals surface area (Å²) >= 11 is 0. The second-order valence-electron chi connectivity index (χ2n) is 22.2. The lowest BCUT2D eigenvalue weighted by Crippen LogP contribution is -2.49. The number of fused-ring (bicyclic) bond motifs is 13. The van der Waals surface area contributed by atoms with Gasteiger partial charge in [-0.25, -0.2) is 4.79 Å². The van der Waals surface area contributed by atoms with E-state index in [-0.39, 0.29) is 79.1 Å². The number of aliphatic hydroxyl groups excluding tert-OH is 2. The van der Waals surface area contributed by atoms with Crippen LogP contribution in [0, 0.1) is 41.9 Å². The highest BCUT2D eigenvalue weighted by atomic mass is 16.7. The van der Waals surface area contributed by atoms with E-state index in [4.69, 9.17) is 29.3 Å². The molecule has 7 aliphatic heterocycles. The maximum absolute atomic E-state index is 14.8. The van der Waals surface area contributed by atoms with Gasteiger partial charge in [-0.3, -0.25) is 19.6 Å². The van der Waals surface area contributed by atoms with Gasteiger partial charge in [-0.05, 0) is 108 Å². The smallest absolute Gasteiger partial charge is 0.410 e. The number of aliphatic hydroxyl groups is 2. The molecular weight excluding hydrogens is 905 g/mol. The van der Waals surface area contributed by atoms with Crippen molar-refractivity contribution in [2.75, 3.05) is 65.3 Å². The van der Waals surface area contributed by atoms with E-state index in [9.17, 15) is 29.7 Å². The number of phenolic OH excluding ortho intramolecular Hbond substituents is 2. The van der Waals surface area contributed by atoms with Crippen molar-refractivity contribution in [1.82, 2.24) is 14.7 Å². The molecular formula is C55H80N6O10. The minimum atomic E-state index is -1.87. The molecule has 0 radical (unpaired) electrons. The number of rotatable bonds is 3. The maximum Gasteiger partial charge on any atom is 0.410 e. The summed E-state index contributed by atoms with van der Waals surface area (Å²) in [7, 11) is 3.16. The van der Waals surface area contributed by atoms with Gasteiger partial charge in [-0.15, -0.1) is 0 Å². The molecule has 5 bridgehead atoms. The van der Waals surface area contributed by atoms with E-state index in [1.54, 1.807) is 26.0 Å². The number of ketones is 1. The molecule has 0 aromatic heterocycles. The van der Waals surface area contributed by atoms with Gasteiger partial charge in [0.25, 0.3) is 11.7 Å². The summed E-state index contributed by atoms with van der Waals surface area (Å²) in [6.07, 6.45) is 13.2. The van der Waals surface area contributed by atoms with Crippen molar-refractivity contribution in [3.63, 3.8) is 0 Å². The Bertz CT molecular complexity index is 2550. The third-order valence-electron chi connectivity index (χ3n) is 16.3. The number of carbonyl (C=O) groups is 3. The summed E-state index contributed by atoms with van der Waals surface area (Å²) in [6, 6.07) is 0. The molecule has 3 saturated heterocycles. The Labute approximate surface area is 419 Å². The molecule has 7 atom stereocenters. The summed E-state index contributed by atoms with van der Waals surface area (Å²) in [5.74, 6) is -3.93. The second-order valence-corrected chi connectivity index (χ2v) is 22.2. The van der Waals surface area contributed by atoms with Crippen molar-refractivity contribution in [1.29, 1.82) is 0 Å². The molecule has 2 spiro atoms. The number of likely N-dealkylation sites (tertiary alicyclic amines) is 3. The maximum atomic E-state index is 14.8. The van der Waals surface area contributed by atoms with Gasteiger partial charge in [0.05, 0.1) is 28.7 Å². The largest absolute Gasteiger partial charge is 0.507 e. The first-order valence-corrected chi connectivity index (χ1v) is 25.9. The van der Waals surface area contributed by atoms with Gasteiger partial charge in [-0.1, -0.05) is 59.8 Å². The Balaban J connectivity index is 0.00000366. The van der Waals surface area contributed by atoms with E-state index in [0.29, 0.717) is 50.3 Å². The SMILES string of the molecule is C/C1=C/C=C/C(C)C[C@@H](C)C(O)[C@@H](C)[C@H](OC(=O)N2CCC3(CCN(C)CC3)CC2)[C@H](C)C/C=C/OC2(C)Oc3c(C)c(O)c4c(O)c(c5c(c4c3C2=O)=NC2(CCN(CC(C)C)CC2)N=5)NC1=O.CO. The third-order valence-corrected chi connectivity index (χ3v) is 16.3. The van der Waals surface area contributed by atoms with Crippen LogP contribution in [0.2, 0.25) is 0 Å². The van der Waals surface area contributed by atoms with Gasteiger partial charge < -0.3 is 54.7 Å². The highest BCUT2D eigenvalue weighted by Crippen LogP contribution is 2.50. The number of hydrogen-bond donors (Lipinski definition) is 5. The Hall–Kier alpha value is -5.03. The van der Waals surface area contributed by atoms with Crippen LogP contribution in [0.15, 0.2) is 46.1 Å².